The van der Waals surface area contributed by atoms with Crippen LogP contribution in [-0.4, -0.2) is 0 Å². The van der Waals surface area contributed by atoms with Gasteiger partial charge in [0.2, 0.25) is 0 Å². The van der Waals surface area contributed by atoms with Crippen LogP contribution in [0.25, 0.3) is 23.1 Å². The quantitative estimate of drug-likeness (QED) is 0.685. The van der Waals surface area contributed by atoms with Crippen LogP contribution in [0.5, 0.6) is 0 Å². The van der Waals surface area contributed by atoms with E-state index in [-0.39, 0.29) is 5.43 Å². The maximum absolute atomic E-state index is 12.2. The molecule has 0 saturated carbocycles. The van der Waals surface area contributed by atoms with E-state index in [4.69, 9.17) is 4.42 Å². The first-order valence-corrected chi connectivity index (χ1v) is 6.92. The molecule has 2 nitrogen and oxygen atoms in total. The van der Waals surface area contributed by atoms with Crippen molar-refractivity contribution in [2.24, 2.45) is 0 Å². The third-order valence-corrected chi connectivity index (χ3v) is 3.42. The zero-order valence-corrected chi connectivity index (χ0v) is 12.1. The topological polar surface area (TPSA) is 30.2 Å². The average Bonchev–Trinajstić information content (AvgIpc) is 2.47. The fraction of sp³-hybridized carbons (Fsp3) is 0.105. The third kappa shape index (κ3) is 2.79. The second-order valence-corrected chi connectivity index (χ2v) is 5.22. The lowest BCUT2D eigenvalue weighted by atomic mass is 10.1. The molecule has 0 unspecified atom stereocenters. The molecule has 0 bridgehead atoms. The highest BCUT2D eigenvalue weighted by Crippen LogP contribution is 2.20. The Labute approximate surface area is 123 Å². The first-order valence-electron chi connectivity index (χ1n) is 6.92. The summed E-state index contributed by atoms with van der Waals surface area (Å²) < 4.78 is 5.86. The number of aryl methyl sites for hydroxylation is 2. The van der Waals surface area contributed by atoms with Gasteiger partial charge in [-0.25, -0.2) is 0 Å². The van der Waals surface area contributed by atoms with Crippen molar-refractivity contribution in [2.45, 2.75) is 13.8 Å². The molecule has 0 aliphatic rings. The van der Waals surface area contributed by atoms with Crippen molar-refractivity contribution in [3.8, 4) is 0 Å². The summed E-state index contributed by atoms with van der Waals surface area (Å²) in [5, 5.41) is 0.643. The summed E-state index contributed by atoms with van der Waals surface area (Å²) in [6, 6.07) is 15.4. The summed E-state index contributed by atoms with van der Waals surface area (Å²) in [7, 11) is 0. The average molecular weight is 276 g/mol. The smallest absolute Gasteiger partial charge is 0.193 e. The Morgan fingerprint density at radius 3 is 2.48 bits per heavy atom. The van der Waals surface area contributed by atoms with E-state index < -0.39 is 0 Å². The lowest BCUT2D eigenvalue weighted by molar-refractivity contribution is 0.588. The molecular formula is C19H16O2. The molecule has 0 saturated heterocycles. The summed E-state index contributed by atoms with van der Waals surface area (Å²) in [6.45, 7) is 3.94. The van der Waals surface area contributed by atoms with Crippen molar-refractivity contribution in [1.82, 2.24) is 0 Å². The lowest BCUT2D eigenvalue weighted by Gasteiger charge is -2.04. The molecule has 0 atom stereocenters. The Morgan fingerprint density at radius 2 is 1.71 bits per heavy atom. The molecule has 21 heavy (non-hydrogen) atoms. The highest BCUT2D eigenvalue weighted by Gasteiger charge is 2.06. The van der Waals surface area contributed by atoms with Crippen LogP contribution in [0, 0.1) is 13.8 Å². The van der Waals surface area contributed by atoms with E-state index in [1.165, 1.54) is 0 Å². The Balaban J connectivity index is 2.09. The number of fused-ring (bicyclic) bond motifs is 1. The Morgan fingerprint density at radius 1 is 0.952 bits per heavy atom. The summed E-state index contributed by atoms with van der Waals surface area (Å²) in [6.07, 6.45) is 3.77. The number of rotatable bonds is 2. The zero-order chi connectivity index (χ0) is 14.8. The Bertz CT molecular complexity index is 871. The van der Waals surface area contributed by atoms with Gasteiger partial charge in [0.05, 0.1) is 5.39 Å². The Kier molecular flexibility index (Phi) is 3.44. The standard InChI is InChI=1S/C19H16O2/c1-13-10-14(2)19-17(11-13)18(20)12-16(21-19)9-8-15-6-4-3-5-7-15/h3-12H,1-2H3/b9-8+. The molecule has 3 rings (SSSR count). The second-order valence-electron chi connectivity index (χ2n) is 5.22. The molecule has 0 N–H and O–H groups in total. The lowest BCUT2D eigenvalue weighted by Crippen LogP contribution is -2.01. The van der Waals surface area contributed by atoms with Crippen LogP contribution in [0.4, 0.5) is 0 Å². The summed E-state index contributed by atoms with van der Waals surface area (Å²) >= 11 is 0. The fourth-order valence-electron chi connectivity index (χ4n) is 2.45. The number of benzene rings is 2. The maximum atomic E-state index is 12.2. The minimum Gasteiger partial charge on any atom is -0.456 e. The second kappa shape index (κ2) is 5.41. The molecule has 1 heterocycles. The summed E-state index contributed by atoms with van der Waals surface area (Å²) in [5.41, 5.74) is 3.79. The predicted molar refractivity (Wildman–Crippen MR) is 87.3 cm³/mol. The van der Waals surface area contributed by atoms with Crippen molar-refractivity contribution in [1.29, 1.82) is 0 Å². The van der Waals surface area contributed by atoms with Crippen LogP contribution in [0.15, 0.2) is 57.7 Å². The van der Waals surface area contributed by atoms with Gasteiger partial charge >= 0.3 is 0 Å². The highest BCUT2D eigenvalue weighted by atomic mass is 16.3. The van der Waals surface area contributed by atoms with Gasteiger partial charge in [-0.1, -0.05) is 42.5 Å². The van der Waals surface area contributed by atoms with Crippen LogP contribution < -0.4 is 5.43 Å². The molecule has 0 aliphatic heterocycles. The van der Waals surface area contributed by atoms with E-state index in [0.717, 1.165) is 16.7 Å². The molecule has 104 valence electrons. The minimum atomic E-state index is -0.00392. The number of hydrogen-bond donors (Lipinski definition) is 0. The van der Waals surface area contributed by atoms with Gasteiger partial charge in [-0.15, -0.1) is 0 Å². The molecular weight excluding hydrogens is 260 g/mol. The van der Waals surface area contributed by atoms with Crippen molar-refractivity contribution in [3.63, 3.8) is 0 Å². The summed E-state index contributed by atoms with van der Waals surface area (Å²) in [4.78, 5) is 12.2. The predicted octanol–water partition coefficient (Wildman–Crippen LogP) is 4.58. The molecule has 0 amide bonds. The molecule has 0 spiro atoms. The van der Waals surface area contributed by atoms with Gasteiger partial charge in [-0.2, -0.15) is 0 Å². The fourth-order valence-corrected chi connectivity index (χ4v) is 2.45. The first kappa shape index (κ1) is 13.4. The van der Waals surface area contributed by atoms with Crippen molar-refractivity contribution in [2.75, 3.05) is 0 Å². The van der Waals surface area contributed by atoms with E-state index >= 15 is 0 Å². The van der Waals surface area contributed by atoms with Gasteiger partial charge in [0.1, 0.15) is 11.3 Å². The van der Waals surface area contributed by atoms with Crippen LogP contribution in [0.1, 0.15) is 22.5 Å². The third-order valence-electron chi connectivity index (χ3n) is 3.42. The van der Waals surface area contributed by atoms with E-state index in [9.17, 15) is 4.79 Å². The van der Waals surface area contributed by atoms with E-state index in [1.54, 1.807) is 6.07 Å². The van der Waals surface area contributed by atoms with Gasteiger partial charge in [-0.05, 0) is 42.7 Å². The Hall–Kier alpha value is -2.61. The van der Waals surface area contributed by atoms with Crippen molar-refractivity contribution >= 4 is 23.1 Å². The van der Waals surface area contributed by atoms with Gasteiger partial charge in [0, 0.05) is 6.07 Å². The highest BCUT2D eigenvalue weighted by molar-refractivity contribution is 5.81. The van der Waals surface area contributed by atoms with Crippen molar-refractivity contribution < 1.29 is 4.42 Å². The van der Waals surface area contributed by atoms with Gasteiger partial charge in [-0.3, -0.25) is 4.79 Å². The van der Waals surface area contributed by atoms with Gasteiger partial charge in [0.15, 0.2) is 5.43 Å². The van der Waals surface area contributed by atoms with E-state index in [0.29, 0.717) is 16.7 Å². The molecule has 0 radical (unpaired) electrons. The summed E-state index contributed by atoms with van der Waals surface area (Å²) in [5.74, 6) is 0.573. The zero-order valence-electron chi connectivity index (χ0n) is 12.1. The monoisotopic (exact) mass is 276 g/mol. The van der Waals surface area contributed by atoms with Crippen LogP contribution in [0.2, 0.25) is 0 Å². The number of hydrogen-bond acceptors (Lipinski definition) is 2. The largest absolute Gasteiger partial charge is 0.456 e. The molecule has 0 fully saturated rings. The minimum absolute atomic E-state index is 0.00392. The van der Waals surface area contributed by atoms with Crippen molar-refractivity contribution in [3.05, 3.63) is 81.2 Å². The molecule has 3 aromatic rings. The molecule has 0 aliphatic carbocycles. The van der Waals surface area contributed by atoms with E-state index in [1.807, 2.05) is 68.5 Å². The molecule has 2 heteroatoms. The van der Waals surface area contributed by atoms with Gasteiger partial charge in [0.25, 0.3) is 0 Å². The van der Waals surface area contributed by atoms with E-state index in [2.05, 4.69) is 0 Å². The van der Waals surface area contributed by atoms with Crippen LogP contribution >= 0.6 is 0 Å². The maximum Gasteiger partial charge on any atom is 0.193 e. The SMILES string of the molecule is Cc1cc(C)c2oc(/C=C/c3ccccc3)cc(=O)c2c1. The normalized spacial score (nSPS) is 11.3. The van der Waals surface area contributed by atoms with Gasteiger partial charge < -0.3 is 4.42 Å². The van der Waals surface area contributed by atoms with Crippen LogP contribution in [-0.2, 0) is 0 Å². The molecule has 2 aromatic carbocycles. The first-order chi connectivity index (χ1) is 10.1. The van der Waals surface area contributed by atoms with Crippen LogP contribution in [0.3, 0.4) is 0 Å². The molecule has 1 aromatic heterocycles.